The fourth-order valence-corrected chi connectivity index (χ4v) is 6.38. The number of benzene rings is 2. The van der Waals surface area contributed by atoms with E-state index in [1.807, 2.05) is 24.3 Å². The number of primary amides is 1. The number of rotatable bonds is 4. The van der Waals surface area contributed by atoms with Crippen LogP contribution in [0.25, 0.3) is 22.2 Å². The lowest BCUT2D eigenvalue weighted by atomic mass is 9.88. The molecule has 2 aromatic carbocycles. The Morgan fingerprint density at radius 3 is 2.71 bits per heavy atom. The predicted molar refractivity (Wildman–Crippen MR) is 139 cm³/mol. The van der Waals surface area contributed by atoms with E-state index in [4.69, 9.17) is 33.9 Å². The average Bonchev–Trinajstić information content (AvgIpc) is 3.15. The van der Waals surface area contributed by atoms with Crippen molar-refractivity contribution in [3.8, 4) is 11.3 Å². The molecule has 1 unspecified atom stereocenters. The summed E-state index contributed by atoms with van der Waals surface area (Å²) in [7, 11) is 0. The monoisotopic (exact) mass is 509 g/mol. The van der Waals surface area contributed by atoms with Crippen molar-refractivity contribution in [3.63, 3.8) is 0 Å². The van der Waals surface area contributed by atoms with Gasteiger partial charge in [0.15, 0.2) is 0 Å². The number of nitrogens with two attached hydrogens (primary N) is 1. The molecule has 4 aromatic rings. The van der Waals surface area contributed by atoms with Crippen LogP contribution in [-0.2, 0) is 12.8 Å². The van der Waals surface area contributed by atoms with Crippen LogP contribution >= 0.6 is 34.5 Å². The molecule has 0 radical (unpaired) electrons. The predicted octanol–water partition coefficient (Wildman–Crippen LogP) is 6.75. The molecule has 0 saturated carbocycles. The highest BCUT2D eigenvalue weighted by atomic mass is 35.5. The van der Waals surface area contributed by atoms with Crippen LogP contribution in [0.4, 0.5) is 5.00 Å². The number of carbonyl (C=O) groups is 2. The molecule has 8 heteroatoms. The first-order valence-electron chi connectivity index (χ1n) is 10.9. The van der Waals surface area contributed by atoms with Crippen LogP contribution in [0.1, 0.15) is 44.5 Å². The third-order valence-corrected chi connectivity index (χ3v) is 7.87. The highest BCUT2D eigenvalue weighted by Crippen LogP contribution is 2.40. The maximum atomic E-state index is 13.6. The summed E-state index contributed by atoms with van der Waals surface area (Å²) in [6.07, 6.45) is 2.67. The van der Waals surface area contributed by atoms with Crippen molar-refractivity contribution in [2.75, 3.05) is 5.32 Å². The van der Waals surface area contributed by atoms with Gasteiger partial charge < -0.3 is 11.1 Å². The maximum Gasteiger partial charge on any atom is 0.257 e. The minimum Gasteiger partial charge on any atom is -0.365 e. The quantitative estimate of drug-likeness (QED) is 0.319. The Kier molecular flexibility index (Phi) is 6.06. The third-order valence-electron chi connectivity index (χ3n) is 6.15. The van der Waals surface area contributed by atoms with Crippen molar-refractivity contribution in [2.24, 2.45) is 11.7 Å². The van der Waals surface area contributed by atoms with Gasteiger partial charge in [-0.2, -0.15) is 0 Å². The van der Waals surface area contributed by atoms with Crippen molar-refractivity contribution < 1.29 is 9.59 Å². The topological polar surface area (TPSA) is 85.1 Å². The van der Waals surface area contributed by atoms with E-state index in [9.17, 15) is 9.59 Å². The maximum absolute atomic E-state index is 13.6. The Labute approximate surface area is 210 Å². The molecule has 1 atom stereocenters. The van der Waals surface area contributed by atoms with Crippen molar-refractivity contribution in [2.45, 2.75) is 26.2 Å². The fourth-order valence-electron chi connectivity index (χ4n) is 4.47. The van der Waals surface area contributed by atoms with Gasteiger partial charge in [-0.15, -0.1) is 11.3 Å². The molecule has 5 rings (SSSR count). The third kappa shape index (κ3) is 4.17. The lowest BCUT2D eigenvalue weighted by Gasteiger charge is -2.18. The molecule has 3 N–H and O–H groups in total. The van der Waals surface area contributed by atoms with Gasteiger partial charge in [0.25, 0.3) is 11.8 Å². The zero-order valence-electron chi connectivity index (χ0n) is 18.3. The normalized spacial score (nSPS) is 15.2. The van der Waals surface area contributed by atoms with Gasteiger partial charge in [-0.05, 0) is 61.1 Å². The summed E-state index contributed by atoms with van der Waals surface area (Å²) in [6.45, 7) is 2.19. The Hall–Kier alpha value is -2.93. The second-order valence-electron chi connectivity index (χ2n) is 8.57. The molecule has 0 aliphatic heterocycles. The van der Waals surface area contributed by atoms with E-state index in [-0.39, 0.29) is 5.91 Å². The number of nitrogens with one attached hydrogen (secondary N) is 1. The molecule has 0 fully saturated rings. The summed E-state index contributed by atoms with van der Waals surface area (Å²) in [5, 5.41) is 5.13. The van der Waals surface area contributed by atoms with Gasteiger partial charge in [0.1, 0.15) is 5.00 Å². The Morgan fingerprint density at radius 1 is 1.15 bits per heavy atom. The molecule has 0 spiro atoms. The molecule has 172 valence electrons. The van der Waals surface area contributed by atoms with Crippen LogP contribution < -0.4 is 11.1 Å². The first-order valence-corrected chi connectivity index (χ1v) is 12.5. The van der Waals surface area contributed by atoms with Crippen molar-refractivity contribution in [3.05, 3.63) is 80.1 Å². The molecule has 34 heavy (non-hydrogen) atoms. The highest BCUT2D eigenvalue weighted by Gasteiger charge is 2.28. The minimum absolute atomic E-state index is 0.334. The van der Waals surface area contributed by atoms with Gasteiger partial charge >= 0.3 is 0 Å². The number of para-hydroxylation sites is 1. The standard InChI is InChI=1S/C26H21Cl2N3O2S/c1-13-6-8-17-22(10-13)34-26(23(17)24(29)32)31-25(33)18-12-21(16-9-7-14(27)11-19(16)28)30-20-5-3-2-4-15(18)20/h2-5,7,9,11-13H,6,8,10H2,1H3,(H2,29,32)(H,31,33). The zero-order chi connectivity index (χ0) is 24.0. The molecule has 5 nitrogen and oxygen atoms in total. The largest absolute Gasteiger partial charge is 0.365 e. The second-order valence-corrected chi connectivity index (χ2v) is 10.5. The minimum atomic E-state index is -0.518. The number of fused-ring (bicyclic) bond motifs is 2. The van der Waals surface area contributed by atoms with Gasteiger partial charge in [0, 0.05) is 20.8 Å². The molecule has 1 aliphatic carbocycles. The van der Waals surface area contributed by atoms with Crippen molar-refractivity contribution >= 4 is 62.3 Å². The number of pyridine rings is 1. The Morgan fingerprint density at radius 2 is 1.94 bits per heavy atom. The fraction of sp³-hybridized carbons (Fsp3) is 0.192. The summed E-state index contributed by atoms with van der Waals surface area (Å²) in [4.78, 5) is 31.7. The van der Waals surface area contributed by atoms with Crippen LogP contribution in [0.5, 0.6) is 0 Å². The summed E-state index contributed by atoms with van der Waals surface area (Å²) < 4.78 is 0. The Balaban J connectivity index is 1.60. The van der Waals surface area contributed by atoms with E-state index in [0.29, 0.717) is 54.3 Å². The smallest absolute Gasteiger partial charge is 0.257 e. The number of amides is 2. The molecule has 0 bridgehead atoms. The van der Waals surface area contributed by atoms with Gasteiger partial charge in [-0.25, -0.2) is 4.98 Å². The molecule has 2 aromatic heterocycles. The van der Waals surface area contributed by atoms with Crippen molar-refractivity contribution in [1.29, 1.82) is 0 Å². The number of anilines is 1. The summed E-state index contributed by atoms with van der Waals surface area (Å²) >= 11 is 13.9. The average molecular weight is 510 g/mol. The van der Waals surface area contributed by atoms with Gasteiger partial charge in [-0.1, -0.05) is 48.3 Å². The summed E-state index contributed by atoms with van der Waals surface area (Å²) in [5.74, 6) is -0.319. The molecule has 1 aliphatic rings. The number of thiophene rings is 1. The van der Waals surface area contributed by atoms with E-state index in [1.54, 1.807) is 24.3 Å². The van der Waals surface area contributed by atoms with Crippen LogP contribution in [0.2, 0.25) is 10.0 Å². The van der Waals surface area contributed by atoms with Gasteiger partial charge in [0.2, 0.25) is 0 Å². The molecule has 2 amide bonds. The van der Waals surface area contributed by atoms with Crippen LogP contribution in [0.3, 0.4) is 0 Å². The first-order chi connectivity index (χ1) is 16.3. The summed E-state index contributed by atoms with van der Waals surface area (Å²) in [5.41, 5.74) is 9.45. The lowest BCUT2D eigenvalue weighted by Crippen LogP contribution is -2.19. The van der Waals surface area contributed by atoms with E-state index >= 15 is 0 Å². The number of carbonyl (C=O) groups excluding carboxylic acids is 2. The zero-order valence-corrected chi connectivity index (χ0v) is 20.7. The van der Waals surface area contributed by atoms with Gasteiger partial charge in [0.05, 0.1) is 27.4 Å². The molecule has 2 heterocycles. The van der Waals surface area contributed by atoms with Crippen LogP contribution in [-0.4, -0.2) is 16.8 Å². The molecule has 0 saturated heterocycles. The number of nitrogens with zero attached hydrogens (tertiary/aromatic N) is 1. The van der Waals surface area contributed by atoms with E-state index in [1.165, 1.54) is 11.3 Å². The molecular formula is C26H21Cl2N3O2S. The number of aromatic nitrogens is 1. The van der Waals surface area contributed by atoms with Crippen LogP contribution in [0.15, 0.2) is 48.5 Å². The lowest BCUT2D eigenvalue weighted by molar-refractivity contribution is 0.1000. The van der Waals surface area contributed by atoms with E-state index in [2.05, 4.69) is 12.2 Å². The number of halogens is 2. The molecular weight excluding hydrogens is 489 g/mol. The highest BCUT2D eigenvalue weighted by molar-refractivity contribution is 7.17. The number of hydrogen-bond acceptors (Lipinski definition) is 4. The summed E-state index contributed by atoms with van der Waals surface area (Å²) in [6, 6.07) is 14.3. The van der Waals surface area contributed by atoms with Crippen LogP contribution in [0, 0.1) is 5.92 Å². The van der Waals surface area contributed by atoms with Crippen molar-refractivity contribution in [1.82, 2.24) is 4.98 Å². The first kappa shape index (κ1) is 22.8. The second kappa shape index (κ2) is 9.02. The Bertz CT molecular complexity index is 1460. The van der Waals surface area contributed by atoms with E-state index < -0.39 is 5.91 Å². The van der Waals surface area contributed by atoms with E-state index in [0.717, 1.165) is 29.7 Å². The SMILES string of the molecule is CC1CCc2c(sc(NC(=O)c3cc(-c4ccc(Cl)cc4Cl)nc4ccccc34)c2C(N)=O)C1. The van der Waals surface area contributed by atoms with Gasteiger partial charge in [-0.3, -0.25) is 9.59 Å². The number of hydrogen-bond donors (Lipinski definition) is 2.